The molecule has 0 bridgehead atoms. The molecule has 0 amide bonds. The first-order valence-electron chi connectivity index (χ1n) is 5.20. The lowest BCUT2D eigenvalue weighted by Crippen LogP contribution is -2.34. The second-order valence-corrected chi connectivity index (χ2v) is 4.25. The van der Waals surface area contributed by atoms with Gasteiger partial charge in [0, 0.05) is 23.8 Å². The first-order valence-corrected chi connectivity index (χ1v) is 5.99. The third-order valence-corrected chi connectivity index (χ3v) is 2.66. The van der Waals surface area contributed by atoms with Crippen LogP contribution >= 0.6 is 23.8 Å². The summed E-state index contributed by atoms with van der Waals surface area (Å²) in [6.07, 6.45) is 3.60. The van der Waals surface area contributed by atoms with Crippen LogP contribution in [0.4, 0.5) is 5.69 Å². The van der Waals surface area contributed by atoms with Crippen molar-refractivity contribution in [3.63, 3.8) is 0 Å². The lowest BCUT2D eigenvalue weighted by molar-refractivity contribution is 0.522. The minimum absolute atomic E-state index is 0.632. The zero-order chi connectivity index (χ0) is 12.7. The summed E-state index contributed by atoms with van der Waals surface area (Å²) in [5.74, 6) is 0. The molecule has 0 radical (unpaired) electrons. The van der Waals surface area contributed by atoms with Gasteiger partial charge in [-0.15, -0.1) is 13.2 Å². The number of hydrogen-bond donors (Lipinski definition) is 1. The highest BCUT2D eigenvalue weighted by Crippen LogP contribution is 2.15. The van der Waals surface area contributed by atoms with Gasteiger partial charge in [-0.2, -0.15) is 0 Å². The van der Waals surface area contributed by atoms with Gasteiger partial charge in [-0.1, -0.05) is 29.8 Å². The zero-order valence-electron chi connectivity index (χ0n) is 9.53. The van der Waals surface area contributed by atoms with Crippen LogP contribution in [0.3, 0.4) is 0 Å². The van der Waals surface area contributed by atoms with Gasteiger partial charge in [0.25, 0.3) is 0 Å². The summed E-state index contributed by atoms with van der Waals surface area (Å²) in [6, 6.07) is 7.44. The van der Waals surface area contributed by atoms with E-state index in [1.807, 2.05) is 29.2 Å². The summed E-state index contributed by atoms with van der Waals surface area (Å²) in [5.41, 5.74) is 0.876. The molecular formula is C13H15ClN2S. The maximum atomic E-state index is 5.90. The number of halogens is 1. The molecule has 0 spiro atoms. The second kappa shape index (κ2) is 7.09. The van der Waals surface area contributed by atoms with E-state index < -0.39 is 0 Å². The lowest BCUT2D eigenvalue weighted by Gasteiger charge is -2.23. The summed E-state index contributed by atoms with van der Waals surface area (Å²) in [5, 5.41) is 4.44. The van der Waals surface area contributed by atoms with Crippen molar-refractivity contribution in [2.75, 3.05) is 18.4 Å². The van der Waals surface area contributed by atoms with Crippen LogP contribution in [0.1, 0.15) is 0 Å². The van der Waals surface area contributed by atoms with E-state index in [1.165, 1.54) is 0 Å². The molecule has 1 aromatic carbocycles. The Hall–Kier alpha value is -1.32. The summed E-state index contributed by atoms with van der Waals surface area (Å²) >= 11 is 11.2. The van der Waals surface area contributed by atoms with Crippen molar-refractivity contribution >= 4 is 34.6 Å². The van der Waals surface area contributed by atoms with Gasteiger partial charge in [-0.25, -0.2) is 0 Å². The molecule has 0 saturated carbocycles. The minimum Gasteiger partial charge on any atom is -0.342 e. The Morgan fingerprint density at radius 1 is 1.35 bits per heavy atom. The first-order chi connectivity index (χ1) is 8.17. The van der Waals surface area contributed by atoms with Crippen molar-refractivity contribution in [3.05, 3.63) is 54.6 Å². The van der Waals surface area contributed by atoms with E-state index in [2.05, 4.69) is 18.5 Å². The maximum absolute atomic E-state index is 5.90. The number of hydrogen-bond acceptors (Lipinski definition) is 1. The minimum atomic E-state index is 0.632. The van der Waals surface area contributed by atoms with Crippen LogP contribution < -0.4 is 5.32 Å². The van der Waals surface area contributed by atoms with Crippen molar-refractivity contribution < 1.29 is 0 Å². The number of rotatable bonds is 5. The predicted octanol–water partition coefficient (Wildman–Crippen LogP) is 3.71. The number of nitrogens with zero attached hydrogens (tertiary/aromatic N) is 1. The molecule has 90 valence electrons. The van der Waals surface area contributed by atoms with Crippen LogP contribution in [-0.2, 0) is 0 Å². The molecule has 1 rings (SSSR count). The van der Waals surface area contributed by atoms with E-state index in [9.17, 15) is 0 Å². The Morgan fingerprint density at radius 2 is 2.00 bits per heavy atom. The van der Waals surface area contributed by atoms with Crippen LogP contribution in [0.15, 0.2) is 49.6 Å². The SMILES string of the molecule is C=CCN(CC=C)C(=S)Nc1cccc(Cl)c1. The molecule has 4 heteroatoms. The van der Waals surface area contributed by atoms with Gasteiger partial charge in [0.2, 0.25) is 0 Å². The van der Waals surface area contributed by atoms with E-state index in [0.29, 0.717) is 23.2 Å². The van der Waals surface area contributed by atoms with Crippen LogP contribution in [0, 0.1) is 0 Å². The summed E-state index contributed by atoms with van der Waals surface area (Å²) in [7, 11) is 0. The second-order valence-electron chi connectivity index (χ2n) is 3.42. The molecule has 0 aliphatic heterocycles. The Kier molecular flexibility index (Phi) is 5.73. The molecule has 1 aromatic rings. The molecule has 0 aliphatic rings. The van der Waals surface area contributed by atoms with Crippen LogP contribution in [0.25, 0.3) is 0 Å². The largest absolute Gasteiger partial charge is 0.342 e. The van der Waals surface area contributed by atoms with Gasteiger partial charge < -0.3 is 10.2 Å². The fourth-order valence-corrected chi connectivity index (χ4v) is 1.78. The third-order valence-electron chi connectivity index (χ3n) is 2.06. The van der Waals surface area contributed by atoms with Crippen LogP contribution in [0.2, 0.25) is 5.02 Å². The fraction of sp³-hybridized carbons (Fsp3) is 0.154. The Labute approximate surface area is 113 Å². The molecule has 1 N–H and O–H groups in total. The molecule has 0 aliphatic carbocycles. The molecule has 0 fully saturated rings. The summed E-state index contributed by atoms with van der Waals surface area (Å²) in [6.45, 7) is 8.76. The molecule has 17 heavy (non-hydrogen) atoms. The molecule has 0 unspecified atom stereocenters. The molecular weight excluding hydrogens is 252 g/mol. The standard InChI is InChI=1S/C13H15ClN2S/c1-3-8-16(9-4-2)13(17)15-12-7-5-6-11(14)10-12/h3-7,10H,1-2,8-9H2,(H,15,17). The summed E-state index contributed by atoms with van der Waals surface area (Å²) in [4.78, 5) is 1.95. The predicted molar refractivity (Wildman–Crippen MR) is 79.6 cm³/mol. The maximum Gasteiger partial charge on any atom is 0.173 e. The fourth-order valence-electron chi connectivity index (χ4n) is 1.32. The molecule has 0 saturated heterocycles. The van der Waals surface area contributed by atoms with Crippen molar-refractivity contribution in [2.45, 2.75) is 0 Å². The van der Waals surface area contributed by atoms with Crippen molar-refractivity contribution in [1.29, 1.82) is 0 Å². The highest BCUT2D eigenvalue weighted by atomic mass is 35.5. The number of nitrogens with one attached hydrogen (secondary N) is 1. The van der Waals surface area contributed by atoms with E-state index in [1.54, 1.807) is 12.2 Å². The Balaban J connectivity index is 2.68. The quantitative estimate of drug-likeness (QED) is 0.646. The van der Waals surface area contributed by atoms with E-state index in [-0.39, 0.29) is 0 Å². The average molecular weight is 267 g/mol. The zero-order valence-corrected chi connectivity index (χ0v) is 11.1. The topological polar surface area (TPSA) is 15.3 Å². The number of anilines is 1. The summed E-state index contributed by atoms with van der Waals surface area (Å²) < 4.78 is 0. The van der Waals surface area contributed by atoms with Crippen molar-refractivity contribution in [3.8, 4) is 0 Å². The lowest BCUT2D eigenvalue weighted by atomic mass is 10.3. The third kappa shape index (κ3) is 4.59. The Morgan fingerprint density at radius 3 is 2.53 bits per heavy atom. The number of thiocarbonyl (C=S) groups is 1. The van der Waals surface area contributed by atoms with E-state index in [4.69, 9.17) is 23.8 Å². The van der Waals surface area contributed by atoms with Gasteiger partial charge in [0.05, 0.1) is 0 Å². The smallest absolute Gasteiger partial charge is 0.173 e. The molecule has 2 nitrogen and oxygen atoms in total. The van der Waals surface area contributed by atoms with Crippen molar-refractivity contribution in [2.24, 2.45) is 0 Å². The molecule has 0 atom stereocenters. The van der Waals surface area contributed by atoms with Crippen molar-refractivity contribution in [1.82, 2.24) is 4.90 Å². The van der Waals surface area contributed by atoms with Gasteiger partial charge in [-0.3, -0.25) is 0 Å². The number of benzene rings is 1. The van der Waals surface area contributed by atoms with E-state index in [0.717, 1.165) is 5.69 Å². The van der Waals surface area contributed by atoms with Gasteiger partial charge in [0.1, 0.15) is 0 Å². The van der Waals surface area contributed by atoms with E-state index >= 15 is 0 Å². The molecule has 0 aromatic heterocycles. The Bertz CT molecular complexity index is 408. The highest BCUT2D eigenvalue weighted by Gasteiger charge is 2.06. The molecule has 0 heterocycles. The monoisotopic (exact) mass is 266 g/mol. The van der Waals surface area contributed by atoms with Crippen LogP contribution in [-0.4, -0.2) is 23.1 Å². The van der Waals surface area contributed by atoms with Gasteiger partial charge >= 0.3 is 0 Å². The first kappa shape index (κ1) is 13.7. The van der Waals surface area contributed by atoms with Gasteiger partial charge in [0.15, 0.2) is 5.11 Å². The normalized spacial score (nSPS) is 9.47. The average Bonchev–Trinajstić information content (AvgIpc) is 2.28. The highest BCUT2D eigenvalue weighted by molar-refractivity contribution is 7.80. The van der Waals surface area contributed by atoms with Gasteiger partial charge in [-0.05, 0) is 30.4 Å². The van der Waals surface area contributed by atoms with Crippen LogP contribution in [0.5, 0.6) is 0 Å².